The number of ether oxygens (including phenoxy) is 2. The number of benzene rings is 2. The minimum atomic E-state index is -3.75. The molecule has 1 N–H and O–H groups in total. The fraction of sp³-hybridized carbons (Fsp3) is 0.381. The van der Waals surface area contributed by atoms with Gasteiger partial charge in [-0.15, -0.1) is 0 Å². The highest BCUT2D eigenvalue weighted by atomic mass is 32.2. The van der Waals surface area contributed by atoms with Crippen molar-refractivity contribution in [3.8, 4) is 5.75 Å². The van der Waals surface area contributed by atoms with Gasteiger partial charge in [-0.1, -0.05) is 30.3 Å². The lowest BCUT2D eigenvalue weighted by atomic mass is 10.2. The second kappa shape index (κ2) is 9.87. The quantitative estimate of drug-likeness (QED) is 0.629. The standard InChI is InChI=1S/C21H26N2O5S/c1-27-21(24)20(23-13-5-6-14-23)15-22-29(25,26)19-11-9-18(10-12-19)28-16-17-7-3-2-4-8-17/h2-4,7-12,20,22H,5-6,13-16H2,1H3. The smallest absolute Gasteiger partial charge is 0.324 e. The minimum absolute atomic E-state index is 0.0265. The van der Waals surface area contributed by atoms with Crippen molar-refractivity contribution in [1.82, 2.24) is 9.62 Å². The van der Waals surface area contributed by atoms with E-state index in [-0.39, 0.29) is 11.4 Å². The van der Waals surface area contributed by atoms with E-state index in [0.29, 0.717) is 12.4 Å². The van der Waals surface area contributed by atoms with E-state index < -0.39 is 22.0 Å². The van der Waals surface area contributed by atoms with Crippen LogP contribution in [0.5, 0.6) is 5.75 Å². The third-order valence-electron chi connectivity index (χ3n) is 4.90. The number of hydrogen-bond acceptors (Lipinski definition) is 6. The molecule has 1 saturated heterocycles. The van der Waals surface area contributed by atoms with Crippen molar-refractivity contribution in [1.29, 1.82) is 0 Å². The summed E-state index contributed by atoms with van der Waals surface area (Å²) >= 11 is 0. The highest BCUT2D eigenvalue weighted by Gasteiger charge is 2.30. The van der Waals surface area contributed by atoms with E-state index in [2.05, 4.69) is 4.72 Å². The van der Waals surface area contributed by atoms with Crippen LogP contribution in [0.2, 0.25) is 0 Å². The number of nitrogens with zero attached hydrogens (tertiary/aromatic N) is 1. The molecule has 1 aliphatic heterocycles. The molecule has 1 aliphatic rings. The molecule has 29 heavy (non-hydrogen) atoms. The average molecular weight is 419 g/mol. The number of nitrogens with one attached hydrogen (secondary N) is 1. The summed E-state index contributed by atoms with van der Waals surface area (Å²) in [6.45, 7) is 1.90. The molecule has 1 unspecified atom stereocenters. The molecule has 0 radical (unpaired) electrons. The lowest BCUT2D eigenvalue weighted by Gasteiger charge is -2.25. The molecule has 0 saturated carbocycles. The van der Waals surface area contributed by atoms with Crippen molar-refractivity contribution in [3.05, 3.63) is 60.2 Å². The summed E-state index contributed by atoms with van der Waals surface area (Å²) in [5.74, 6) is 0.150. The van der Waals surface area contributed by atoms with Gasteiger partial charge in [0.05, 0.1) is 12.0 Å². The van der Waals surface area contributed by atoms with Crippen molar-refractivity contribution < 1.29 is 22.7 Å². The Morgan fingerprint density at radius 2 is 1.72 bits per heavy atom. The Bertz CT molecular complexity index is 894. The molecule has 1 heterocycles. The second-order valence-electron chi connectivity index (χ2n) is 6.88. The van der Waals surface area contributed by atoms with Crippen LogP contribution in [0.1, 0.15) is 18.4 Å². The first kappa shape index (κ1) is 21.3. The molecule has 156 valence electrons. The van der Waals surface area contributed by atoms with E-state index in [1.54, 1.807) is 12.1 Å². The normalized spacial score (nSPS) is 15.8. The number of carbonyl (C=O) groups is 1. The van der Waals surface area contributed by atoms with Crippen LogP contribution < -0.4 is 9.46 Å². The van der Waals surface area contributed by atoms with Gasteiger partial charge in [-0.3, -0.25) is 9.69 Å². The Morgan fingerprint density at radius 3 is 2.34 bits per heavy atom. The largest absolute Gasteiger partial charge is 0.489 e. The van der Waals surface area contributed by atoms with Crippen molar-refractivity contribution >= 4 is 16.0 Å². The second-order valence-corrected chi connectivity index (χ2v) is 8.65. The van der Waals surface area contributed by atoms with Gasteiger partial charge in [0.25, 0.3) is 0 Å². The van der Waals surface area contributed by atoms with Gasteiger partial charge >= 0.3 is 5.97 Å². The fourth-order valence-corrected chi connectivity index (χ4v) is 4.32. The number of sulfonamides is 1. The van der Waals surface area contributed by atoms with E-state index >= 15 is 0 Å². The third-order valence-corrected chi connectivity index (χ3v) is 6.34. The summed E-state index contributed by atoms with van der Waals surface area (Å²) in [6, 6.07) is 15.3. The van der Waals surface area contributed by atoms with E-state index in [1.165, 1.54) is 19.2 Å². The molecule has 0 amide bonds. The third kappa shape index (κ3) is 5.79. The number of rotatable bonds is 9. The molecule has 2 aromatic carbocycles. The summed E-state index contributed by atoms with van der Waals surface area (Å²) < 4.78 is 38.3. The monoisotopic (exact) mass is 418 g/mol. The first-order valence-corrected chi connectivity index (χ1v) is 11.1. The first-order chi connectivity index (χ1) is 14.0. The number of likely N-dealkylation sites (tertiary alicyclic amines) is 1. The molecule has 0 aliphatic carbocycles. The summed E-state index contributed by atoms with van der Waals surface area (Å²) in [5.41, 5.74) is 1.03. The molecule has 1 fully saturated rings. The van der Waals surface area contributed by atoms with E-state index in [9.17, 15) is 13.2 Å². The van der Waals surface area contributed by atoms with Gasteiger partial charge in [0, 0.05) is 6.54 Å². The van der Waals surface area contributed by atoms with Gasteiger partial charge in [0.1, 0.15) is 18.4 Å². The molecule has 0 bridgehead atoms. The van der Waals surface area contributed by atoms with Crippen LogP contribution >= 0.6 is 0 Å². The number of esters is 1. The van der Waals surface area contributed by atoms with Gasteiger partial charge in [0.2, 0.25) is 10.0 Å². The van der Waals surface area contributed by atoms with E-state index in [0.717, 1.165) is 31.5 Å². The lowest BCUT2D eigenvalue weighted by molar-refractivity contribution is -0.146. The van der Waals surface area contributed by atoms with Crippen molar-refractivity contribution in [2.24, 2.45) is 0 Å². The van der Waals surface area contributed by atoms with Crippen LogP contribution in [0.25, 0.3) is 0 Å². The van der Waals surface area contributed by atoms with Crippen LogP contribution in [0.3, 0.4) is 0 Å². The average Bonchev–Trinajstić information content (AvgIpc) is 3.27. The Balaban J connectivity index is 1.60. The van der Waals surface area contributed by atoms with Gasteiger partial charge in [-0.05, 0) is 55.8 Å². The fourth-order valence-electron chi connectivity index (χ4n) is 3.28. The van der Waals surface area contributed by atoms with Crippen LogP contribution in [0.4, 0.5) is 0 Å². The SMILES string of the molecule is COC(=O)C(CNS(=O)(=O)c1ccc(OCc2ccccc2)cc1)N1CCCC1. The van der Waals surface area contributed by atoms with Crippen LogP contribution in [-0.2, 0) is 26.2 Å². The predicted molar refractivity (Wildman–Crippen MR) is 109 cm³/mol. The van der Waals surface area contributed by atoms with Gasteiger partial charge in [-0.25, -0.2) is 13.1 Å². The van der Waals surface area contributed by atoms with E-state index in [4.69, 9.17) is 9.47 Å². The van der Waals surface area contributed by atoms with E-state index in [1.807, 2.05) is 35.2 Å². The maximum atomic E-state index is 12.6. The molecular weight excluding hydrogens is 392 g/mol. The summed E-state index contributed by atoms with van der Waals surface area (Å²) in [4.78, 5) is 14.1. The molecule has 2 aromatic rings. The minimum Gasteiger partial charge on any atom is -0.489 e. The molecule has 0 aromatic heterocycles. The van der Waals surface area contributed by atoms with Crippen LogP contribution in [0.15, 0.2) is 59.5 Å². The Kier molecular flexibility index (Phi) is 7.24. The zero-order valence-corrected chi connectivity index (χ0v) is 17.2. The maximum Gasteiger partial charge on any atom is 0.324 e. The van der Waals surface area contributed by atoms with Crippen LogP contribution in [-0.4, -0.2) is 52.1 Å². The van der Waals surface area contributed by atoms with Crippen molar-refractivity contribution in [2.75, 3.05) is 26.7 Å². The Morgan fingerprint density at radius 1 is 1.07 bits per heavy atom. The first-order valence-electron chi connectivity index (χ1n) is 9.58. The molecule has 7 nitrogen and oxygen atoms in total. The van der Waals surface area contributed by atoms with Gasteiger partial charge < -0.3 is 9.47 Å². The highest BCUT2D eigenvalue weighted by molar-refractivity contribution is 7.89. The predicted octanol–water partition coefficient (Wildman–Crippen LogP) is 2.18. The molecule has 3 rings (SSSR count). The lowest BCUT2D eigenvalue weighted by Crippen LogP contribution is -2.47. The van der Waals surface area contributed by atoms with Gasteiger partial charge in [-0.2, -0.15) is 0 Å². The van der Waals surface area contributed by atoms with Crippen LogP contribution in [0, 0.1) is 0 Å². The Hall–Kier alpha value is -2.42. The molecule has 1 atom stereocenters. The molecule has 0 spiro atoms. The molecule has 8 heteroatoms. The number of methoxy groups -OCH3 is 1. The molecular formula is C21H26N2O5S. The summed E-state index contributed by atoms with van der Waals surface area (Å²) in [7, 11) is -2.44. The topological polar surface area (TPSA) is 84.9 Å². The summed E-state index contributed by atoms with van der Waals surface area (Å²) in [6.07, 6.45) is 1.98. The number of carbonyl (C=O) groups excluding carboxylic acids is 1. The van der Waals surface area contributed by atoms with Crippen molar-refractivity contribution in [2.45, 2.75) is 30.4 Å². The highest BCUT2D eigenvalue weighted by Crippen LogP contribution is 2.18. The maximum absolute atomic E-state index is 12.6. The number of hydrogen-bond donors (Lipinski definition) is 1. The zero-order chi connectivity index (χ0) is 20.7. The summed E-state index contributed by atoms with van der Waals surface area (Å²) in [5, 5.41) is 0. The van der Waals surface area contributed by atoms with Crippen molar-refractivity contribution in [3.63, 3.8) is 0 Å². The Labute approximate surface area is 171 Å². The zero-order valence-electron chi connectivity index (χ0n) is 16.4. The van der Waals surface area contributed by atoms with Gasteiger partial charge in [0.15, 0.2) is 0 Å².